The lowest BCUT2D eigenvalue weighted by Gasteiger charge is -2.62. The van der Waals surface area contributed by atoms with Crippen LogP contribution < -0.4 is 0 Å². The van der Waals surface area contributed by atoms with Crippen LogP contribution in [0, 0.1) is 52.8 Å². The van der Waals surface area contributed by atoms with Gasteiger partial charge >= 0.3 is 0 Å². The summed E-state index contributed by atoms with van der Waals surface area (Å²) in [4.78, 5) is 13.2. The normalized spacial score (nSPS) is 38.1. The molecule has 3 aliphatic carbocycles. The van der Waals surface area contributed by atoms with Crippen molar-refractivity contribution in [3.8, 4) is 11.8 Å². The standard InChI is InChI=1S/C24H38O3/c1-15(2)14-19-22-18(10-11-20(25)17-8-6-5-7-9-17)21(26)12-13-24(22,16(3)4)23(19)27/h15-22,25-26H,5-9,12-14H2,1-4H3/t18-,19?,20+,21+,22-,24+/m0/s1. The lowest BCUT2D eigenvalue weighted by Crippen LogP contribution is -2.66. The second-order valence-electron chi connectivity index (χ2n) is 10.1. The zero-order valence-electron chi connectivity index (χ0n) is 17.6. The number of rotatable bonds is 4. The van der Waals surface area contributed by atoms with Crippen LogP contribution in [0.5, 0.6) is 0 Å². The Kier molecular flexibility index (Phi) is 6.38. The van der Waals surface area contributed by atoms with Crippen LogP contribution in [-0.4, -0.2) is 28.2 Å². The molecular weight excluding hydrogens is 336 g/mol. The smallest absolute Gasteiger partial charge is 0.143 e. The molecule has 0 aliphatic heterocycles. The molecule has 0 bridgehead atoms. The van der Waals surface area contributed by atoms with Crippen molar-refractivity contribution in [3.05, 3.63) is 0 Å². The highest BCUT2D eigenvalue weighted by atomic mass is 16.3. The number of carbonyl (C=O) groups excluding carboxylic acids is 1. The highest BCUT2D eigenvalue weighted by Gasteiger charge is 2.67. The summed E-state index contributed by atoms with van der Waals surface area (Å²) >= 11 is 0. The van der Waals surface area contributed by atoms with Gasteiger partial charge in [0.1, 0.15) is 11.9 Å². The van der Waals surface area contributed by atoms with E-state index in [1.54, 1.807) is 0 Å². The quantitative estimate of drug-likeness (QED) is 0.725. The lowest BCUT2D eigenvalue weighted by molar-refractivity contribution is -0.185. The van der Waals surface area contributed by atoms with E-state index in [0.29, 0.717) is 18.1 Å². The second kappa shape index (κ2) is 8.26. The molecule has 0 spiro atoms. The Hall–Kier alpha value is -0.850. The molecule has 0 saturated heterocycles. The van der Waals surface area contributed by atoms with Crippen molar-refractivity contribution in [3.63, 3.8) is 0 Å². The van der Waals surface area contributed by atoms with Crippen LogP contribution in [-0.2, 0) is 4.79 Å². The van der Waals surface area contributed by atoms with E-state index < -0.39 is 12.2 Å². The Labute approximate surface area is 165 Å². The fourth-order valence-corrected chi connectivity index (χ4v) is 6.26. The first-order chi connectivity index (χ1) is 12.8. The van der Waals surface area contributed by atoms with E-state index in [4.69, 9.17) is 0 Å². The summed E-state index contributed by atoms with van der Waals surface area (Å²) in [6, 6.07) is 0. The second-order valence-corrected chi connectivity index (χ2v) is 10.1. The molecule has 0 aromatic carbocycles. The largest absolute Gasteiger partial charge is 0.392 e. The van der Waals surface area contributed by atoms with Crippen LogP contribution >= 0.6 is 0 Å². The zero-order valence-corrected chi connectivity index (χ0v) is 17.6. The molecule has 3 rings (SSSR count). The first-order valence-electron chi connectivity index (χ1n) is 11.2. The summed E-state index contributed by atoms with van der Waals surface area (Å²) < 4.78 is 0. The molecule has 3 fully saturated rings. The average Bonchev–Trinajstić information content (AvgIpc) is 2.64. The number of carbonyl (C=O) groups is 1. The third-order valence-electron chi connectivity index (χ3n) is 7.73. The molecule has 0 aromatic rings. The van der Waals surface area contributed by atoms with Crippen molar-refractivity contribution in [2.75, 3.05) is 0 Å². The van der Waals surface area contributed by atoms with Crippen LogP contribution in [0.25, 0.3) is 0 Å². The van der Waals surface area contributed by atoms with Crippen molar-refractivity contribution < 1.29 is 15.0 Å². The van der Waals surface area contributed by atoms with Crippen LogP contribution in [0.3, 0.4) is 0 Å². The summed E-state index contributed by atoms with van der Waals surface area (Å²) in [5.74, 6) is 7.82. The predicted molar refractivity (Wildman–Crippen MR) is 108 cm³/mol. The molecule has 0 heterocycles. The Morgan fingerprint density at radius 1 is 1.11 bits per heavy atom. The minimum atomic E-state index is -0.591. The van der Waals surface area contributed by atoms with Crippen molar-refractivity contribution >= 4 is 5.78 Å². The van der Waals surface area contributed by atoms with Gasteiger partial charge in [0.05, 0.1) is 12.0 Å². The van der Waals surface area contributed by atoms with E-state index in [0.717, 1.165) is 25.7 Å². The van der Waals surface area contributed by atoms with Gasteiger partial charge in [-0.05, 0) is 55.8 Å². The van der Waals surface area contributed by atoms with Gasteiger partial charge in [0.25, 0.3) is 0 Å². The van der Waals surface area contributed by atoms with E-state index in [-0.39, 0.29) is 35.0 Å². The highest BCUT2D eigenvalue weighted by molar-refractivity contribution is 5.94. The monoisotopic (exact) mass is 374 g/mol. The maximum Gasteiger partial charge on any atom is 0.143 e. The van der Waals surface area contributed by atoms with Crippen LogP contribution in [0.4, 0.5) is 0 Å². The molecular formula is C24H38O3. The highest BCUT2D eigenvalue weighted by Crippen LogP contribution is 2.63. The van der Waals surface area contributed by atoms with Crippen molar-refractivity contribution in [1.29, 1.82) is 0 Å². The van der Waals surface area contributed by atoms with Gasteiger partial charge in [-0.1, -0.05) is 58.8 Å². The number of aliphatic hydroxyl groups is 2. The number of hydrogen-bond donors (Lipinski definition) is 2. The summed E-state index contributed by atoms with van der Waals surface area (Å²) in [5.41, 5.74) is -0.312. The first kappa shape index (κ1) is 20.9. The minimum absolute atomic E-state index is 0.0217. The molecule has 6 atom stereocenters. The number of ketones is 1. The third kappa shape index (κ3) is 3.73. The molecule has 2 N–H and O–H groups in total. The molecule has 3 aliphatic rings. The van der Waals surface area contributed by atoms with Gasteiger partial charge in [-0.2, -0.15) is 0 Å². The summed E-state index contributed by atoms with van der Waals surface area (Å²) in [7, 11) is 0. The molecule has 27 heavy (non-hydrogen) atoms. The Morgan fingerprint density at radius 3 is 2.37 bits per heavy atom. The zero-order chi connectivity index (χ0) is 19.8. The Morgan fingerprint density at radius 2 is 1.78 bits per heavy atom. The Bertz CT molecular complexity index is 592. The molecule has 0 radical (unpaired) electrons. The van der Waals surface area contributed by atoms with E-state index in [1.165, 1.54) is 19.3 Å². The van der Waals surface area contributed by atoms with Gasteiger partial charge in [0, 0.05) is 11.3 Å². The maximum atomic E-state index is 13.2. The van der Waals surface area contributed by atoms with Crippen molar-refractivity contribution in [2.45, 2.75) is 91.3 Å². The van der Waals surface area contributed by atoms with Gasteiger partial charge in [0.15, 0.2) is 0 Å². The van der Waals surface area contributed by atoms with Crippen LogP contribution in [0.2, 0.25) is 0 Å². The number of aliphatic hydroxyl groups excluding tert-OH is 2. The minimum Gasteiger partial charge on any atom is -0.392 e. The van der Waals surface area contributed by atoms with Gasteiger partial charge in [0.2, 0.25) is 0 Å². The third-order valence-corrected chi connectivity index (χ3v) is 7.73. The SMILES string of the molecule is CC(C)CC1C(=O)[C@@]2(C(C)C)CC[C@@H](O)[C@H](C#C[C@@H](O)C3CCCCC3)[C@@H]12. The van der Waals surface area contributed by atoms with E-state index in [9.17, 15) is 15.0 Å². The topological polar surface area (TPSA) is 57.5 Å². The fourth-order valence-electron chi connectivity index (χ4n) is 6.26. The number of hydrogen-bond acceptors (Lipinski definition) is 3. The first-order valence-corrected chi connectivity index (χ1v) is 11.2. The van der Waals surface area contributed by atoms with Gasteiger partial charge in [-0.3, -0.25) is 4.79 Å². The van der Waals surface area contributed by atoms with Crippen LogP contribution in [0.1, 0.15) is 79.1 Å². The molecule has 3 heteroatoms. The maximum absolute atomic E-state index is 13.2. The molecule has 0 amide bonds. The van der Waals surface area contributed by atoms with E-state index in [1.807, 2.05) is 0 Å². The predicted octanol–water partition coefficient (Wildman–Crippen LogP) is 4.21. The van der Waals surface area contributed by atoms with Crippen molar-refractivity contribution in [2.24, 2.45) is 40.9 Å². The Balaban J connectivity index is 1.84. The summed E-state index contributed by atoms with van der Waals surface area (Å²) in [5, 5.41) is 21.3. The van der Waals surface area contributed by atoms with E-state index >= 15 is 0 Å². The molecule has 3 saturated carbocycles. The van der Waals surface area contributed by atoms with E-state index in [2.05, 4.69) is 39.5 Å². The fraction of sp³-hybridized carbons (Fsp3) is 0.875. The van der Waals surface area contributed by atoms with Crippen LogP contribution in [0.15, 0.2) is 0 Å². The number of fused-ring (bicyclic) bond motifs is 1. The lowest BCUT2D eigenvalue weighted by atomic mass is 9.40. The molecule has 152 valence electrons. The summed E-state index contributed by atoms with van der Waals surface area (Å²) in [6.45, 7) is 8.62. The molecule has 3 nitrogen and oxygen atoms in total. The number of Topliss-reactive ketones (excluding diaryl/α,β-unsaturated/α-hetero) is 1. The van der Waals surface area contributed by atoms with Gasteiger partial charge in [-0.15, -0.1) is 0 Å². The average molecular weight is 375 g/mol. The van der Waals surface area contributed by atoms with Gasteiger partial charge < -0.3 is 10.2 Å². The van der Waals surface area contributed by atoms with Crippen molar-refractivity contribution in [1.82, 2.24) is 0 Å². The molecule has 0 aromatic heterocycles. The summed E-state index contributed by atoms with van der Waals surface area (Å²) in [6.07, 6.45) is 6.97. The molecule has 1 unspecified atom stereocenters. The van der Waals surface area contributed by atoms with Gasteiger partial charge in [-0.25, -0.2) is 0 Å².